The first-order valence-electron chi connectivity index (χ1n) is 9.54. The van der Waals surface area contributed by atoms with E-state index < -0.39 is 7.60 Å². The largest absolute Gasteiger partial charge is 0.494 e. The van der Waals surface area contributed by atoms with Crippen molar-refractivity contribution in [1.82, 2.24) is 5.32 Å². The molecule has 0 bridgehead atoms. The van der Waals surface area contributed by atoms with E-state index in [2.05, 4.69) is 29.6 Å². The third-order valence-electron chi connectivity index (χ3n) is 4.28. The van der Waals surface area contributed by atoms with Crippen LogP contribution >= 0.6 is 7.60 Å². The van der Waals surface area contributed by atoms with Gasteiger partial charge in [0.05, 0.1) is 12.8 Å². The van der Waals surface area contributed by atoms with Gasteiger partial charge in [0.15, 0.2) is 0 Å². The molecule has 0 atom stereocenters. The number of ether oxygens (including phenoxy) is 1. The number of unbranched alkanes of at least 4 members (excludes halogenated alkanes) is 2. The van der Waals surface area contributed by atoms with Crippen molar-refractivity contribution in [1.29, 1.82) is 0 Å². The minimum atomic E-state index is -3.88. The summed E-state index contributed by atoms with van der Waals surface area (Å²) in [6, 6.07) is 18.5. The second-order valence-electron chi connectivity index (χ2n) is 6.71. The van der Waals surface area contributed by atoms with Crippen LogP contribution in [0, 0.1) is 0 Å². The molecule has 0 saturated heterocycles. The van der Waals surface area contributed by atoms with Gasteiger partial charge in [0, 0.05) is 6.54 Å². The average Bonchev–Trinajstić information content (AvgIpc) is 2.65. The first-order chi connectivity index (χ1) is 13.0. The molecule has 0 heterocycles. The maximum atomic E-state index is 10.8. The van der Waals surface area contributed by atoms with Crippen molar-refractivity contribution >= 4 is 7.60 Å². The summed E-state index contributed by atoms with van der Waals surface area (Å²) >= 11 is 0. The minimum Gasteiger partial charge on any atom is -0.494 e. The fourth-order valence-corrected chi connectivity index (χ4v) is 3.36. The monoisotopic (exact) mass is 391 g/mol. The zero-order valence-electron chi connectivity index (χ0n) is 15.7. The van der Waals surface area contributed by atoms with Gasteiger partial charge >= 0.3 is 7.60 Å². The molecule has 27 heavy (non-hydrogen) atoms. The molecule has 148 valence electrons. The molecule has 0 spiro atoms. The standard InChI is InChI=1S/C21H30NO4P/c23-27(24,25)17-7-15-22-18-20-11-13-21(14-12-20)26-16-6-2-5-10-19-8-3-1-4-9-19/h1,3-4,8-9,11-14,22H,2,5-7,10,15-18H2,(H2,23,24,25). The Morgan fingerprint density at radius 2 is 1.59 bits per heavy atom. The van der Waals surface area contributed by atoms with Crippen molar-refractivity contribution in [3.05, 3.63) is 65.7 Å². The molecular formula is C21H30NO4P. The normalized spacial score (nSPS) is 11.5. The molecule has 0 aliphatic rings. The van der Waals surface area contributed by atoms with Gasteiger partial charge in [0.1, 0.15) is 5.75 Å². The Balaban J connectivity index is 1.53. The fraction of sp³-hybridized carbons (Fsp3) is 0.429. The Morgan fingerprint density at radius 3 is 2.30 bits per heavy atom. The van der Waals surface area contributed by atoms with E-state index >= 15 is 0 Å². The van der Waals surface area contributed by atoms with Crippen LogP contribution in [0.2, 0.25) is 0 Å². The number of rotatable bonds is 13. The summed E-state index contributed by atoms with van der Waals surface area (Å²) in [4.78, 5) is 17.6. The van der Waals surface area contributed by atoms with Gasteiger partial charge in [-0.15, -0.1) is 0 Å². The van der Waals surface area contributed by atoms with Gasteiger partial charge in [-0.05, 0) is 61.9 Å². The highest BCUT2D eigenvalue weighted by Crippen LogP contribution is 2.34. The van der Waals surface area contributed by atoms with Gasteiger partial charge in [-0.1, -0.05) is 42.5 Å². The molecular weight excluding hydrogens is 361 g/mol. The highest BCUT2D eigenvalue weighted by Gasteiger charge is 2.10. The van der Waals surface area contributed by atoms with E-state index in [4.69, 9.17) is 14.5 Å². The summed E-state index contributed by atoms with van der Waals surface area (Å²) in [6.45, 7) is 2.00. The van der Waals surface area contributed by atoms with E-state index in [0.717, 1.165) is 37.2 Å². The van der Waals surface area contributed by atoms with Gasteiger partial charge in [0.2, 0.25) is 0 Å². The van der Waals surface area contributed by atoms with Crippen LogP contribution in [0.4, 0.5) is 0 Å². The first-order valence-corrected chi connectivity index (χ1v) is 11.3. The summed E-state index contributed by atoms with van der Waals surface area (Å²) in [5.41, 5.74) is 2.52. The SMILES string of the molecule is O=P(O)(O)CCCNCc1ccc(OCCCCCc2ccccc2)cc1. The van der Waals surface area contributed by atoms with Gasteiger partial charge in [-0.3, -0.25) is 4.57 Å². The third kappa shape index (κ3) is 10.3. The molecule has 0 unspecified atom stereocenters. The molecule has 2 rings (SSSR count). The second-order valence-corrected chi connectivity index (χ2v) is 8.48. The summed E-state index contributed by atoms with van der Waals surface area (Å²) < 4.78 is 16.6. The smallest absolute Gasteiger partial charge is 0.325 e. The van der Waals surface area contributed by atoms with E-state index in [1.165, 1.54) is 12.0 Å². The molecule has 0 radical (unpaired) electrons. The molecule has 0 saturated carbocycles. The molecule has 6 heteroatoms. The average molecular weight is 391 g/mol. The van der Waals surface area contributed by atoms with Crippen molar-refractivity contribution < 1.29 is 19.1 Å². The summed E-state index contributed by atoms with van der Waals surface area (Å²) in [5, 5.41) is 3.19. The van der Waals surface area contributed by atoms with Crippen molar-refractivity contribution in [3.8, 4) is 5.75 Å². The molecule has 0 aliphatic heterocycles. The molecule has 2 aromatic carbocycles. The van der Waals surface area contributed by atoms with Crippen LogP contribution in [0.5, 0.6) is 5.75 Å². The van der Waals surface area contributed by atoms with E-state index in [-0.39, 0.29) is 6.16 Å². The zero-order chi connectivity index (χ0) is 19.4. The Morgan fingerprint density at radius 1 is 0.852 bits per heavy atom. The second kappa shape index (κ2) is 11.9. The molecule has 0 amide bonds. The van der Waals surface area contributed by atoms with Crippen LogP contribution in [0.3, 0.4) is 0 Å². The molecule has 5 nitrogen and oxygen atoms in total. The molecule has 0 aliphatic carbocycles. The van der Waals surface area contributed by atoms with Gasteiger partial charge in [0.25, 0.3) is 0 Å². The molecule has 0 aromatic heterocycles. The highest BCUT2D eigenvalue weighted by atomic mass is 31.2. The Bertz CT molecular complexity index is 685. The summed E-state index contributed by atoms with van der Waals surface area (Å²) in [6.07, 6.45) is 4.91. The lowest BCUT2D eigenvalue weighted by molar-refractivity contribution is 0.305. The van der Waals surface area contributed by atoms with Gasteiger partial charge in [-0.25, -0.2) is 0 Å². The lowest BCUT2D eigenvalue weighted by Crippen LogP contribution is -2.15. The minimum absolute atomic E-state index is 0.0713. The number of hydrogen-bond donors (Lipinski definition) is 3. The quantitative estimate of drug-likeness (QED) is 0.353. The van der Waals surface area contributed by atoms with Crippen LogP contribution in [0.25, 0.3) is 0 Å². The Hall–Kier alpha value is -1.65. The molecule has 3 N–H and O–H groups in total. The van der Waals surface area contributed by atoms with Gasteiger partial charge < -0.3 is 19.8 Å². The van der Waals surface area contributed by atoms with E-state index in [0.29, 0.717) is 19.5 Å². The van der Waals surface area contributed by atoms with Crippen molar-refractivity contribution in [2.75, 3.05) is 19.3 Å². The van der Waals surface area contributed by atoms with Crippen LogP contribution in [0.1, 0.15) is 36.8 Å². The highest BCUT2D eigenvalue weighted by molar-refractivity contribution is 7.51. The maximum absolute atomic E-state index is 10.8. The van der Waals surface area contributed by atoms with Crippen LogP contribution in [0.15, 0.2) is 54.6 Å². The third-order valence-corrected chi connectivity index (χ3v) is 5.18. The fourth-order valence-electron chi connectivity index (χ4n) is 2.79. The van der Waals surface area contributed by atoms with Crippen molar-refractivity contribution in [2.45, 2.75) is 38.6 Å². The van der Waals surface area contributed by atoms with E-state index in [9.17, 15) is 4.57 Å². The lowest BCUT2D eigenvalue weighted by atomic mass is 10.1. The summed E-state index contributed by atoms with van der Waals surface area (Å²) in [5.74, 6) is 0.878. The number of benzene rings is 2. The summed E-state index contributed by atoms with van der Waals surface area (Å²) in [7, 11) is -3.88. The number of hydrogen-bond acceptors (Lipinski definition) is 3. The van der Waals surface area contributed by atoms with Crippen LogP contribution in [-0.2, 0) is 17.5 Å². The van der Waals surface area contributed by atoms with Gasteiger partial charge in [-0.2, -0.15) is 0 Å². The van der Waals surface area contributed by atoms with E-state index in [1.54, 1.807) is 0 Å². The number of nitrogens with one attached hydrogen (secondary N) is 1. The predicted octanol–water partition coefficient (Wildman–Crippen LogP) is 4.14. The molecule has 2 aromatic rings. The van der Waals surface area contributed by atoms with Crippen LogP contribution in [-0.4, -0.2) is 29.1 Å². The Labute approximate surface area is 161 Å². The van der Waals surface area contributed by atoms with Crippen molar-refractivity contribution in [3.63, 3.8) is 0 Å². The van der Waals surface area contributed by atoms with E-state index in [1.807, 2.05) is 30.3 Å². The lowest BCUT2D eigenvalue weighted by Gasteiger charge is -2.09. The molecule has 0 fully saturated rings. The zero-order valence-corrected chi connectivity index (χ0v) is 16.6. The topological polar surface area (TPSA) is 78.8 Å². The predicted molar refractivity (Wildman–Crippen MR) is 109 cm³/mol. The van der Waals surface area contributed by atoms with Crippen molar-refractivity contribution in [2.24, 2.45) is 0 Å². The van der Waals surface area contributed by atoms with Crippen LogP contribution < -0.4 is 10.1 Å². The maximum Gasteiger partial charge on any atom is 0.325 e. The Kier molecular flexibility index (Phi) is 9.57. The first kappa shape index (κ1) is 21.6. The number of aryl methyl sites for hydroxylation is 1.